The van der Waals surface area contributed by atoms with Crippen LogP contribution in [0.25, 0.3) is 5.69 Å². The number of hydrogen-bond acceptors (Lipinski definition) is 6. The zero-order chi connectivity index (χ0) is 18.5. The van der Waals surface area contributed by atoms with Gasteiger partial charge in [0.2, 0.25) is 11.1 Å². The molecule has 1 heterocycles. The maximum atomic E-state index is 12.7. The lowest BCUT2D eigenvalue weighted by molar-refractivity contribution is -0.117. The molecule has 0 saturated heterocycles. The van der Waals surface area contributed by atoms with Crippen LogP contribution in [0, 0.1) is 0 Å². The summed E-state index contributed by atoms with van der Waals surface area (Å²) in [6.07, 6.45) is 0. The smallest absolute Gasteiger partial charge is 0.240 e. The van der Waals surface area contributed by atoms with E-state index in [4.69, 9.17) is 4.74 Å². The van der Waals surface area contributed by atoms with E-state index >= 15 is 0 Å². The van der Waals surface area contributed by atoms with Gasteiger partial charge in [0.05, 0.1) is 18.0 Å². The van der Waals surface area contributed by atoms with E-state index in [1.165, 1.54) is 11.8 Å². The monoisotopic (exact) mass is 369 g/mol. The Bertz CT molecular complexity index is 867. The molecule has 134 valence electrons. The number of hydrogen-bond donors (Lipinski definition) is 0. The number of aromatic nitrogens is 4. The Morgan fingerprint density at radius 2 is 1.85 bits per heavy atom. The van der Waals surface area contributed by atoms with Crippen molar-refractivity contribution in [1.29, 1.82) is 0 Å². The predicted molar refractivity (Wildman–Crippen MR) is 101 cm³/mol. The summed E-state index contributed by atoms with van der Waals surface area (Å²) in [5.41, 5.74) is 1.65. The van der Waals surface area contributed by atoms with E-state index in [2.05, 4.69) is 15.5 Å². The largest absolute Gasteiger partial charge is 0.497 e. The van der Waals surface area contributed by atoms with Crippen LogP contribution in [0.15, 0.2) is 59.8 Å². The van der Waals surface area contributed by atoms with Gasteiger partial charge in [-0.2, -0.15) is 4.68 Å². The maximum Gasteiger partial charge on any atom is 0.240 e. The summed E-state index contributed by atoms with van der Waals surface area (Å²) < 4.78 is 6.77. The van der Waals surface area contributed by atoms with Crippen molar-refractivity contribution in [3.8, 4) is 11.4 Å². The first-order valence-corrected chi connectivity index (χ1v) is 8.90. The van der Waals surface area contributed by atoms with E-state index in [9.17, 15) is 4.79 Å². The maximum absolute atomic E-state index is 12.7. The van der Waals surface area contributed by atoms with E-state index in [1.807, 2.05) is 61.5 Å². The fourth-order valence-corrected chi connectivity index (χ4v) is 3.30. The lowest BCUT2D eigenvalue weighted by Gasteiger charge is -2.20. The Morgan fingerprint density at radius 1 is 1.15 bits per heavy atom. The molecule has 0 aliphatic rings. The molecule has 2 aromatic carbocycles. The number of rotatable bonds is 6. The number of amides is 1. The molecule has 0 fully saturated rings. The number of benzene rings is 2. The van der Waals surface area contributed by atoms with Crippen molar-refractivity contribution in [3.63, 3.8) is 0 Å². The van der Waals surface area contributed by atoms with E-state index in [0.717, 1.165) is 17.1 Å². The van der Waals surface area contributed by atoms with Crippen molar-refractivity contribution >= 4 is 23.4 Å². The molecule has 3 rings (SSSR count). The van der Waals surface area contributed by atoms with Crippen LogP contribution in [0.1, 0.15) is 6.92 Å². The van der Waals surface area contributed by atoms with E-state index in [0.29, 0.717) is 5.16 Å². The summed E-state index contributed by atoms with van der Waals surface area (Å²) in [7, 11) is 3.38. The predicted octanol–water partition coefficient (Wildman–Crippen LogP) is 2.81. The number of tetrazole rings is 1. The molecule has 3 aromatic rings. The molecule has 0 spiro atoms. The van der Waals surface area contributed by atoms with Crippen LogP contribution in [0.5, 0.6) is 5.75 Å². The van der Waals surface area contributed by atoms with Gasteiger partial charge < -0.3 is 9.64 Å². The van der Waals surface area contributed by atoms with E-state index in [1.54, 1.807) is 23.7 Å². The highest BCUT2D eigenvalue weighted by Crippen LogP contribution is 2.26. The topological polar surface area (TPSA) is 73.1 Å². The SMILES string of the molecule is COc1ccc(-n2nnnc2SC(C)C(=O)N(C)c2ccccc2)cc1. The fraction of sp³-hybridized carbons (Fsp3) is 0.222. The van der Waals surface area contributed by atoms with Crippen LogP contribution in [0.4, 0.5) is 5.69 Å². The van der Waals surface area contributed by atoms with Crippen molar-refractivity contribution in [2.75, 3.05) is 19.1 Å². The number of carbonyl (C=O) groups is 1. The summed E-state index contributed by atoms with van der Waals surface area (Å²) in [6, 6.07) is 16.9. The minimum absolute atomic E-state index is 0.0227. The zero-order valence-corrected chi connectivity index (χ0v) is 15.6. The van der Waals surface area contributed by atoms with Gasteiger partial charge in [-0.3, -0.25) is 4.79 Å². The van der Waals surface area contributed by atoms with Crippen molar-refractivity contribution in [1.82, 2.24) is 20.2 Å². The molecule has 1 unspecified atom stereocenters. The van der Waals surface area contributed by atoms with E-state index in [-0.39, 0.29) is 11.2 Å². The van der Waals surface area contributed by atoms with Gasteiger partial charge >= 0.3 is 0 Å². The number of nitrogens with zero attached hydrogens (tertiary/aromatic N) is 5. The molecule has 1 aromatic heterocycles. The zero-order valence-electron chi connectivity index (χ0n) is 14.7. The Labute approximate surface area is 156 Å². The molecular weight excluding hydrogens is 350 g/mol. The number of thioether (sulfide) groups is 1. The molecule has 0 N–H and O–H groups in total. The summed E-state index contributed by atoms with van der Waals surface area (Å²) in [5, 5.41) is 12.0. The van der Waals surface area contributed by atoms with Gasteiger partial charge in [0.15, 0.2) is 0 Å². The average Bonchev–Trinajstić information content (AvgIpc) is 3.15. The summed E-state index contributed by atoms with van der Waals surface area (Å²) in [4.78, 5) is 14.3. The van der Waals surface area contributed by atoms with Crippen molar-refractivity contribution in [2.45, 2.75) is 17.3 Å². The third kappa shape index (κ3) is 3.85. The second kappa shape index (κ2) is 8.01. The molecule has 26 heavy (non-hydrogen) atoms. The standard InChI is InChI=1S/C18H19N5O2S/c1-13(17(24)22(2)14-7-5-4-6-8-14)26-18-19-20-21-23(18)15-9-11-16(25-3)12-10-15/h4-13H,1-3H3. The molecule has 0 bridgehead atoms. The molecular formula is C18H19N5O2S. The van der Waals surface area contributed by atoms with Gasteiger partial charge in [-0.1, -0.05) is 30.0 Å². The summed E-state index contributed by atoms with van der Waals surface area (Å²) >= 11 is 1.32. The highest BCUT2D eigenvalue weighted by Gasteiger charge is 2.23. The van der Waals surface area contributed by atoms with Gasteiger partial charge in [0, 0.05) is 12.7 Å². The van der Waals surface area contributed by atoms with Crippen LogP contribution < -0.4 is 9.64 Å². The molecule has 0 aliphatic heterocycles. The Morgan fingerprint density at radius 3 is 2.50 bits per heavy atom. The highest BCUT2D eigenvalue weighted by molar-refractivity contribution is 8.00. The molecule has 0 radical (unpaired) electrons. The molecule has 0 saturated carbocycles. The Balaban J connectivity index is 1.75. The van der Waals surface area contributed by atoms with Crippen LogP contribution in [-0.4, -0.2) is 45.5 Å². The number of carbonyl (C=O) groups excluding carboxylic acids is 1. The van der Waals surface area contributed by atoms with Crippen LogP contribution in [0.2, 0.25) is 0 Å². The van der Waals surface area contributed by atoms with Gasteiger partial charge in [0.25, 0.3) is 0 Å². The van der Waals surface area contributed by atoms with Crippen LogP contribution in [-0.2, 0) is 4.79 Å². The number of anilines is 1. The Hall–Kier alpha value is -2.87. The third-order valence-corrected chi connectivity index (χ3v) is 4.88. The van der Waals surface area contributed by atoms with Gasteiger partial charge in [-0.05, 0) is 53.7 Å². The first kappa shape index (κ1) is 17.9. The molecule has 7 nitrogen and oxygen atoms in total. The van der Waals surface area contributed by atoms with Crippen molar-refractivity contribution in [2.24, 2.45) is 0 Å². The quantitative estimate of drug-likeness (QED) is 0.622. The first-order chi connectivity index (χ1) is 12.6. The van der Waals surface area contributed by atoms with E-state index < -0.39 is 0 Å². The molecule has 8 heteroatoms. The average molecular weight is 369 g/mol. The van der Waals surface area contributed by atoms with Gasteiger partial charge in [-0.15, -0.1) is 5.10 Å². The summed E-state index contributed by atoms with van der Waals surface area (Å²) in [6.45, 7) is 1.85. The number of ether oxygens (including phenoxy) is 1. The van der Waals surface area contributed by atoms with Crippen molar-refractivity contribution < 1.29 is 9.53 Å². The molecule has 1 amide bonds. The minimum Gasteiger partial charge on any atom is -0.497 e. The second-order valence-corrected chi connectivity index (χ2v) is 6.87. The lowest BCUT2D eigenvalue weighted by Crippen LogP contribution is -2.33. The lowest BCUT2D eigenvalue weighted by atomic mass is 10.3. The first-order valence-electron chi connectivity index (χ1n) is 8.02. The highest BCUT2D eigenvalue weighted by atomic mass is 32.2. The van der Waals surface area contributed by atoms with Gasteiger partial charge in [0.1, 0.15) is 5.75 Å². The van der Waals surface area contributed by atoms with Gasteiger partial charge in [-0.25, -0.2) is 0 Å². The molecule has 0 aliphatic carbocycles. The Kier molecular flexibility index (Phi) is 5.52. The number of para-hydroxylation sites is 1. The van der Waals surface area contributed by atoms with Crippen molar-refractivity contribution in [3.05, 3.63) is 54.6 Å². The summed E-state index contributed by atoms with van der Waals surface area (Å²) in [5.74, 6) is 0.731. The number of methoxy groups -OCH3 is 1. The second-order valence-electron chi connectivity index (χ2n) is 5.56. The fourth-order valence-electron chi connectivity index (χ4n) is 2.40. The molecule has 1 atom stereocenters. The minimum atomic E-state index is -0.344. The van der Waals surface area contributed by atoms with Crippen LogP contribution in [0.3, 0.4) is 0 Å². The normalized spacial score (nSPS) is 11.8. The third-order valence-electron chi connectivity index (χ3n) is 3.86. The van der Waals surface area contributed by atoms with Crippen LogP contribution >= 0.6 is 11.8 Å².